The van der Waals surface area contributed by atoms with Gasteiger partial charge in [-0.15, -0.1) is 0 Å². The summed E-state index contributed by atoms with van der Waals surface area (Å²) in [6.45, 7) is 1.55. The maximum Gasteiger partial charge on any atom is 0.513 e. The molecule has 2 rings (SSSR count). The molecule has 1 heterocycles. The van der Waals surface area contributed by atoms with E-state index in [0.29, 0.717) is 0 Å². The van der Waals surface area contributed by atoms with Crippen molar-refractivity contribution >= 4 is 18.0 Å². The van der Waals surface area contributed by atoms with Crippen LogP contribution in [-0.4, -0.2) is 30.4 Å². The molecule has 9 heteroatoms. The number of carbonyl (C=O) groups excluding carboxylic acids is 2. The molecule has 0 amide bonds. The molecule has 1 aliphatic rings. The van der Waals surface area contributed by atoms with Gasteiger partial charge in [-0.25, -0.2) is 9.59 Å². The molecule has 0 bridgehead atoms. The highest BCUT2D eigenvalue weighted by atomic mass is 16.8. The second-order valence-corrected chi connectivity index (χ2v) is 4.15. The minimum absolute atomic E-state index is 0.0115. The van der Waals surface area contributed by atoms with Crippen molar-refractivity contribution in [1.29, 1.82) is 0 Å². The molecule has 0 radical (unpaired) electrons. The number of hydrogen-bond acceptors (Lipinski definition) is 8. The van der Waals surface area contributed by atoms with Crippen LogP contribution in [0.2, 0.25) is 0 Å². The lowest BCUT2D eigenvalue weighted by atomic mass is 10.0. The Labute approximate surface area is 118 Å². The Kier molecular flexibility index (Phi) is 3.92. The minimum Gasteiger partial charge on any atom is -0.437 e. The normalized spacial score (nSPS) is 20.4. The summed E-state index contributed by atoms with van der Waals surface area (Å²) in [5, 5.41) is 10.8. The van der Waals surface area contributed by atoms with Gasteiger partial charge in [-0.3, -0.25) is 10.1 Å². The van der Waals surface area contributed by atoms with Gasteiger partial charge in [0.05, 0.1) is 12.0 Å². The number of nitro groups is 1. The fraction of sp³-hybridized carbons (Fsp3) is 0.333. The number of nitrogens with zero attached hydrogens (tertiary/aromatic N) is 1. The van der Waals surface area contributed by atoms with Crippen LogP contribution in [0.3, 0.4) is 0 Å². The van der Waals surface area contributed by atoms with Gasteiger partial charge in [-0.2, -0.15) is 0 Å². The summed E-state index contributed by atoms with van der Waals surface area (Å²) in [4.78, 5) is 32.6. The number of non-ortho nitro benzene ring substituents is 1. The molecule has 0 spiro atoms. The van der Waals surface area contributed by atoms with Gasteiger partial charge < -0.3 is 18.9 Å². The number of nitro benzene ring substituents is 1. The second kappa shape index (κ2) is 5.65. The van der Waals surface area contributed by atoms with E-state index in [-0.39, 0.29) is 17.0 Å². The number of ether oxygens (including phenoxy) is 4. The first kappa shape index (κ1) is 14.6. The molecule has 1 fully saturated rings. The van der Waals surface area contributed by atoms with Crippen LogP contribution < -0.4 is 4.74 Å². The summed E-state index contributed by atoms with van der Waals surface area (Å²) in [5.74, 6) is -0.0115. The van der Waals surface area contributed by atoms with Gasteiger partial charge in [0.2, 0.25) is 0 Å². The average Bonchev–Trinajstić information content (AvgIpc) is 2.77. The molecule has 1 aromatic carbocycles. The van der Waals surface area contributed by atoms with Crippen molar-refractivity contribution < 1.29 is 33.5 Å². The molecule has 0 N–H and O–H groups in total. The number of methoxy groups -OCH3 is 1. The Bertz CT molecular complexity index is 599. The Hall–Kier alpha value is -2.84. The first-order valence-electron chi connectivity index (χ1n) is 5.83. The van der Waals surface area contributed by atoms with E-state index in [2.05, 4.69) is 4.74 Å². The van der Waals surface area contributed by atoms with Crippen LogP contribution in [0, 0.1) is 10.1 Å². The smallest absolute Gasteiger partial charge is 0.437 e. The Balaban J connectivity index is 2.43. The Morgan fingerprint density at radius 2 is 2.10 bits per heavy atom. The third-order valence-electron chi connectivity index (χ3n) is 2.80. The van der Waals surface area contributed by atoms with Crippen LogP contribution in [-0.2, 0) is 14.2 Å². The van der Waals surface area contributed by atoms with Crippen molar-refractivity contribution in [1.82, 2.24) is 0 Å². The lowest BCUT2D eigenvalue weighted by molar-refractivity contribution is -0.385. The SMILES string of the molecule is COC(=O)Oc1ccc([N+](=O)[O-])cc1C1OC(=O)OC1C. The quantitative estimate of drug-likeness (QED) is 0.361. The predicted molar refractivity (Wildman–Crippen MR) is 65.9 cm³/mol. The lowest BCUT2D eigenvalue weighted by Crippen LogP contribution is -2.15. The van der Waals surface area contributed by atoms with Crippen LogP contribution in [0.5, 0.6) is 5.75 Å². The number of rotatable bonds is 3. The number of cyclic esters (lactones) is 2. The van der Waals surface area contributed by atoms with Gasteiger partial charge >= 0.3 is 12.3 Å². The first-order valence-corrected chi connectivity index (χ1v) is 5.83. The standard InChI is InChI=1S/C12H11NO8/c1-6-10(21-12(15)19-6)8-5-7(13(16)17)3-4-9(8)20-11(14)18-2/h3-6,10H,1-2H3. The summed E-state index contributed by atoms with van der Waals surface area (Å²) in [6, 6.07) is 3.54. The summed E-state index contributed by atoms with van der Waals surface area (Å²) in [5.41, 5.74) is -0.0923. The largest absolute Gasteiger partial charge is 0.513 e. The van der Waals surface area contributed by atoms with E-state index >= 15 is 0 Å². The van der Waals surface area contributed by atoms with Crippen LogP contribution in [0.4, 0.5) is 15.3 Å². The highest BCUT2D eigenvalue weighted by Gasteiger charge is 2.37. The summed E-state index contributed by atoms with van der Waals surface area (Å²) < 4.78 is 19.0. The van der Waals surface area contributed by atoms with Gasteiger partial charge in [0.15, 0.2) is 6.10 Å². The zero-order valence-electron chi connectivity index (χ0n) is 11.1. The molecule has 2 unspecified atom stereocenters. The lowest BCUT2D eigenvalue weighted by Gasteiger charge is -2.15. The molecule has 2 atom stereocenters. The highest BCUT2D eigenvalue weighted by molar-refractivity contribution is 5.66. The molecular formula is C12H11NO8. The van der Waals surface area contributed by atoms with Crippen molar-refractivity contribution in [2.75, 3.05) is 7.11 Å². The topological polar surface area (TPSA) is 114 Å². The second-order valence-electron chi connectivity index (χ2n) is 4.15. The van der Waals surface area contributed by atoms with Crippen LogP contribution in [0.1, 0.15) is 18.6 Å². The Morgan fingerprint density at radius 3 is 2.62 bits per heavy atom. The molecule has 0 saturated carbocycles. The van der Waals surface area contributed by atoms with Gasteiger partial charge in [0, 0.05) is 17.7 Å². The van der Waals surface area contributed by atoms with E-state index in [1.807, 2.05) is 0 Å². The van der Waals surface area contributed by atoms with Crippen molar-refractivity contribution in [3.05, 3.63) is 33.9 Å². The first-order chi connectivity index (χ1) is 9.92. The Morgan fingerprint density at radius 1 is 1.38 bits per heavy atom. The molecule has 1 aromatic rings. The predicted octanol–water partition coefficient (Wildman–Crippen LogP) is 2.34. The van der Waals surface area contributed by atoms with E-state index in [0.717, 1.165) is 19.2 Å². The molecule has 1 aliphatic heterocycles. The van der Waals surface area contributed by atoms with Crippen molar-refractivity contribution in [2.45, 2.75) is 19.1 Å². The van der Waals surface area contributed by atoms with E-state index in [1.165, 1.54) is 6.07 Å². The number of carbonyl (C=O) groups is 2. The van der Waals surface area contributed by atoms with E-state index < -0.39 is 29.4 Å². The maximum atomic E-state index is 11.2. The third-order valence-corrected chi connectivity index (χ3v) is 2.80. The van der Waals surface area contributed by atoms with E-state index in [1.54, 1.807) is 6.92 Å². The molecule has 0 aliphatic carbocycles. The van der Waals surface area contributed by atoms with Crippen molar-refractivity contribution in [3.8, 4) is 5.75 Å². The molecule has 9 nitrogen and oxygen atoms in total. The zero-order valence-corrected chi connectivity index (χ0v) is 11.1. The summed E-state index contributed by atoms with van der Waals surface area (Å²) in [6.07, 6.45) is -3.50. The van der Waals surface area contributed by atoms with E-state index in [9.17, 15) is 19.7 Å². The van der Waals surface area contributed by atoms with Gasteiger partial charge in [0.1, 0.15) is 11.9 Å². The minimum atomic E-state index is -0.997. The molecule has 0 aromatic heterocycles. The fourth-order valence-electron chi connectivity index (χ4n) is 1.85. The maximum absolute atomic E-state index is 11.2. The van der Waals surface area contributed by atoms with Gasteiger partial charge in [-0.05, 0) is 13.0 Å². The third kappa shape index (κ3) is 3.02. The van der Waals surface area contributed by atoms with Crippen LogP contribution in [0.25, 0.3) is 0 Å². The van der Waals surface area contributed by atoms with E-state index in [4.69, 9.17) is 14.2 Å². The van der Waals surface area contributed by atoms with Gasteiger partial charge in [-0.1, -0.05) is 0 Å². The summed E-state index contributed by atoms with van der Waals surface area (Å²) >= 11 is 0. The average molecular weight is 297 g/mol. The monoisotopic (exact) mass is 297 g/mol. The molecule has 1 saturated heterocycles. The summed E-state index contributed by atoms with van der Waals surface area (Å²) in [7, 11) is 1.12. The molecule has 21 heavy (non-hydrogen) atoms. The molecule has 112 valence electrons. The van der Waals surface area contributed by atoms with Crippen LogP contribution in [0.15, 0.2) is 18.2 Å². The molecular weight excluding hydrogens is 286 g/mol. The number of benzene rings is 1. The zero-order chi connectivity index (χ0) is 15.6. The fourth-order valence-corrected chi connectivity index (χ4v) is 1.85. The van der Waals surface area contributed by atoms with Gasteiger partial charge in [0.25, 0.3) is 5.69 Å². The van der Waals surface area contributed by atoms with Crippen molar-refractivity contribution in [3.63, 3.8) is 0 Å². The van der Waals surface area contributed by atoms with Crippen molar-refractivity contribution in [2.24, 2.45) is 0 Å². The highest BCUT2D eigenvalue weighted by Crippen LogP contribution is 2.37. The van der Waals surface area contributed by atoms with Crippen LogP contribution >= 0.6 is 0 Å². The number of hydrogen-bond donors (Lipinski definition) is 0.